The van der Waals surface area contributed by atoms with E-state index in [1.165, 1.54) is 5.56 Å². The molecule has 1 aromatic heterocycles. The number of fused-ring (bicyclic) bond motifs is 1. The van der Waals surface area contributed by atoms with Crippen LogP contribution in [0.4, 0.5) is 0 Å². The molecule has 2 rings (SSSR count). The number of carbonyl (C=O) groups is 1. The molecule has 110 valence electrons. The highest BCUT2D eigenvalue weighted by molar-refractivity contribution is 5.78. The van der Waals surface area contributed by atoms with Gasteiger partial charge in [-0.1, -0.05) is 19.4 Å². The highest BCUT2D eigenvalue weighted by Gasteiger charge is 2.24. The second-order valence-corrected chi connectivity index (χ2v) is 5.93. The summed E-state index contributed by atoms with van der Waals surface area (Å²) in [6, 6.07) is 4.24. The molecule has 2 N–H and O–H groups in total. The summed E-state index contributed by atoms with van der Waals surface area (Å²) < 4.78 is 0. The highest BCUT2D eigenvalue weighted by atomic mass is 16.2. The number of hydrogen-bond donors (Lipinski definition) is 1. The minimum atomic E-state index is 0.0898. The summed E-state index contributed by atoms with van der Waals surface area (Å²) in [5.74, 6) is 0.358. The van der Waals surface area contributed by atoms with Gasteiger partial charge in [0.25, 0.3) is 0 Å². The van der Waals surface area contributed by atoms with Crippen molar-refractivity contribution >= 4 is 5.91 Å². The number of pyridine rings is 1. The third-order valence-electron chi connectivity index (χ3n) is 3.99. The zero-order valence-electron chi connectivity index (χ0n) is 12.5. The van der Waals surface area contributed by atoms with Crippen LogP contribution in [-0.4, -0.2) is 28.4 Å². The van der Waals surface area contributed by atoms with Crippen molar-refractivity contribution < 1.29 is 4.79 Å². The Morgan fingerprint density at radius 2 is 2.25 bits per heavy atom. The maximum absolute atomic E-state index is 12.5. The summed E-state index contributed by atoms with van der Waals surface area (Å²) in [6.07, 6.45) is 5.64. The van der Waals surface area contributed by atoms with E-state index in [1.807, 2.05) is 31.0 Å². The van der Waals surface area contributed by atoms with Gasteiger partial charge < -0.3 is 10.6 Å². The first-order chi connectivity index (χ1) is 9.58. The lowest BCUT2D eigenvalue weighted by Gasteiger charge is -2.30. The number of nitrogens with two attached hydrogens (primary N) is 1. The molecule has 4 nitrogen and oxygen atoms in total. The number of aromatic nitrogens is 1. The number of amides is 1. The van der Waals surface area contributed by atoms with Crippen molar-refractivity contribution in [2.75, 3.05) is 6.54 Å². The molecule has 0 spiro atoms. The van der Waals surface area contributed by atoms with Crippen molar-refractivity contribution in [2.45, 2.75) is 52.1 Å². The maximum atomic E-state index is 12.5. The molecule has 0 aliphatic carbocycles. The van der Waals surface area contributed by atoms with Crippen LogP contribution in [0.2, 0.25) is 0 Å². The lowest BCUT2D eigenvalue weighted by molar-refractivity contribution is -0.136. The first-order valence-corrected chi connectivity index (χ1v) is 7.55. The van der Waals surface area contributed by atoms with Gasteiger partial charge in [0.1, 0.15) is 0 Å². The number of hydrogen-bond acceptors (Lipinski definition) is 3. The third kappa shape index (κ3) is 3.79. The molecule has 2 unspecified atom stereocenters. The monoisotopic (exact) mass is 275 g/mol. The first-order valence-electron chi connectivity index (χ1n) is 7.55. The van der Waals surface area contributed by atoms with Crippen molar-refractivity contribution in [3.05, 3.63) is 29.6 Å². The molecule has 20 heavy (non-hydrogen) atoms. The summed E-state index contributed by atoms with van der Waals surface area (Å²) >= 11 is 0. The van der Waals surface area contributed by atoms with Crippen molar-refractivity contribution in [3.8, 4) is 0 Å². The second-order valence-electron chi connectivity index (χ2n) is 5.93. The molecular formula is C16H25N3O. The molecular weight excluding hydrogens is 250 g/mol. The topological polar surface area (TPSA) is 59.2 Å². The van der Waals surface area contributed by atoms with E-state index < -0.39 is 0 Å². The maximum Gasteiger partial charge on any atom is 0.225 e. The highest BCUT2D eigenvalue weighted by Crippen LogP contribution is 2.20. The Morgan fingerprint density at radius 1 is 1.45 bits per heavy atom. The Balaban J connectivity index is 1.87. The summed E-state index contributed by atoms with van der Waals surface area (Å²) in [5.41, 5.74) is 8.08. The molecule has 0 aromatic carbocycles. The summed E-state index contributed by atoms with van der Waals surface area (Å²) in [6.45, 7) is 5.55. The van der Waals surface area contributed by atoms with Crippen LogP contribution in [-0.2, 0) is 17.8 Å². The van der Waals surface area contributed by atoms with Crippen LogP contribution in [0.3, 0.4) is 0 Å². The largest absolute Gasteiger partial charge is 0.338 e. The van der Waals surface area contributed by atoms with E-state index in [-0.39, 0.29) is 17.9 Å². The fraction of sp³-hybridized carbons (Fsp3) is 0.625. The Hall–Kier alpha value is -1.42. The van der Waals surface area contributed by atoms with E-state index in [2.05, 4.69) is 11.1 Å². The molecule has 0 radical (unpaired) electrons. The quantitative estimate of drug-likeness (QED) is 0.895. The fourth-order valence-electron chi connectivity index (χ4n) is 2.74. The van der Waals surface area contributed by atoms with Crippen LogP contribution in [0.15, 0.2) is 18.3 Å². The average molecular weight is 275 g/mol. The van der Waals surface area contributed by atoms with Gasteiger partial charge in [-0.05, 0) is 31.4 Å². The lowest BCUT2D eigenvalue weighted by atomic mass is 9.98. The zero-order valence-corrected chi connectivity index (χ0v) is 12.5. The predicted octanol–water partition coefficient (Wildman–Crippen LogP) is 2.12. The van der Waals surface area contributed by atoms with E-state index in [0.29, 0.717) is 6.54 Å². The molecule has 1 aliphatic rings. The van der Waals surface area contributed by atoms with Crippen molar-refractivity contribution in [1.82, 2.24) is 9.88 Å². The predicted molar refractivity (Wildman–Crippen MR) is 80.0 cm³/mol. The third-order valence-corrected chi connectivity index (χ3v) is 3.99. The smallest absolute Gasteiger partial charge is 0.225 e. The van der Waals surface area contributed by atoms with Gasteiger partial charge in [0.2, 0.25) is 5.91 Å². The Kier molecular flexibility index (Phi) is 5.12. The summed E-state index contributed by atoms with van der Waals surface area (Å²) in [5, 5.41) is 0. The first kappa shape index (κ1) is 15.0. The van der Waals surface area contributed by atoms with Crippen LogP contribution in [0.5, 0.6) is 0 Å². The Bertz CT molecular complexity index is 459. The van der Waals surface area contributed by atoms with E-state index >= 15 is 0 Å². The SMILES string of the molecule is CC(N)CCCC(C)C(=O)N1CCc2ncccc2C1. The molecule has 2 heterocycles. The van der Waals surface area contributed by atoms with Gasteiger partial charge in [0, 0.05) is 43.4 Å². The van der Waals surface area contributed by atoms with Crippen molar-refractivity contribution in [2.24, 2.45) is 11.7 Å². The number of rotatable bonds is 5. The van der Waals surface area contributed by atoms with Crippen LogP contribution in [0.1, 0.15) is 44.4 Å². The van der Waals surface area contributed by atoms with Gasteiger partial charge in [-0.3, -0.25) is 9.78 Å². The van der Waals surface area contributed by atoms with Crippen LogP contribution < -0.4 is 5.73 Å². The van der Waals surface area contributed by atoms with Crippen molar-refractivity contribution in [3.63, 3.8) is 0 Å². The van der Waals surface area contributed by atoms with Crippen LogP contribution in [0.25, 0.3) is 0 Å². The molecule has 0 saturated heterocycles. The molecule has 1 aromatic rings. The molecule has 4 heteroatoms. The fourth-order valence-corrected chi connectivity index (χ4v) is 2.74. The number of nitrogens with zero attached hydrogens (tertiary/aromatic N) is 2. The summed E-state index contributed by atoms with van der Waals surface area (Å²) in [4.78, 5) is 18.8. The molecule has 0 fully saturated rings. The van der Waals surface area contributed by atoms with Gasteiger partial charge >= 0.3 is 0 Å². The normalized spacial score (nSPS) is 17.4. The van der Waals surface area contributed by atoms with E-state index in [1.54, 1.807) is 0 Å². The van der Waals surface area contributed by atoms with Crippen LogP contribution >= 0.6 is 0 Å². The zero-order chi connectivity index (χ0) is 14.5. The minimum absolute atomic E-state index is 0.0898. The average Bonchev–Trinajstić information content (AvgIpc) is 2.45. The van der Waals surface area contributed by atoms with E-state index in [4.69, 9.17) is 5.73 Å². The van der Waals surface area contributed by atoms with Gasteiger partial charge in [0.15, 0.2) is 0 Å². The van der Waals surface area contributed by atoms with Gasteiger partial charge in [-0.15, -0.1) is 0 Å². The van der Waals surface area contributed by atoms with Crippen LogP contribution in [0, 0.1) is 5.92 Å². The van der Waals surface area contributed by atoms with Gasteiger partial charge in [0.05, 0.1) is 0 Å². The van der Waals surface area contributed by atoms with Crippen molar-refractivity contribution in [1.29, 1.82) is 0 Å². The molecule has 1 aliphatic heterocycles. The molecule has 1 amide bonds. The van der Waals surface area contributed by atoms with Gasteiger partial charge in [-0.2, -0.15) is 0 Å². The molecule has 2 atom stereocenters. The van der Waals surface area contributed by atoms with E-state index in [0.717, 1.165) is 37.9 Å². The minimum Gasteiger partial charge on any atom is -0.338 e. The second kappa shape index (κ2) is 6.84. The lowest BCUT2D eigenvalue weighted by Crippen LogP contribution is -2.39. The number of carbonyl (C=O) groups excluding carboxylic acids is 1. The Labute approximate surface area is 121 Å². The molecule has 0 bridgehead atoms. The van der Waals surface area contributed by atoms with E-state index in [9.17, 15) is 4.79 Å². The van der Waals surface area contributed by atoms with Gasteiger partial charge in [-0.25, -0.2) is 0 Å². The Morgan fingerprint density at radius 3 is 3.00 bits per heavy atom. The summed E-state index contributed by atoms with van der Waals surface area (Å²) in [7, 11) is 0. The molecule has 0 saturated carbocycles. The standard InChI is InChI=1S/C16H25N3O/c1-12(5-3-6-13(2)17)16(20)19-10-8-15-14(11-19)7-4-9-18-15/h4,7,9,12-13H,3,5-6,8,10-11,17H2,1-2H3.